The van der Waals surface area contributed by atoms with E-state index in [9.17, 15) is 78.7 Å². The smallest absolute Gasteiger partial charge is 0.410 e. The van der Waals surface area contributed by atoms with E-state index < -0.39 is 70.1 Å². The summed E-state index contributed by atoms with van der Waals surface area (Å²) in [6.07, 6.45) is 16.7. The van der Waals surface area contributed by atoms with Gasteiger partial charge in [-0.3, -0.25) is 9.59 Å². The third-order valence-electron chi connectivity index (χ3n) is 20.0. The van der Waals surface area contributed by atoms with Crippen LogP contribution in [0.25, 0.3) is 0 Å². The third-order valence-corrected chi connectivity index (χ3v) is 26.1. The van der Waals surface area contributed by atoms with Crippen LogP contribution in [-0.2, 0) is 61.5 Å². The Labute approximate surface area is 786 Å². The second-order valence-corrected chi connectivity index (χ2v) is 54.8. The van der Waals surface area contributed by atoms with Gasteiger partial charge in [0.05, 0.1) is 42.0 Å². The van der Waals surface area contributed by atoms with Crippen molar-refractivity contribution in [3.05, 3.63) is 35.1 Å². The van der Waals surface area contributed by atoms with Gasteiger partial charge in [-0.25, -0.2) is 67.3 Å². The number of sulfonamides is 4. The standard InChI is InChI=1S/C14H27NO2.C14H28O2.C12H23N3O3S.C12H22N2O3S.C11H20N2O4S.C10H21NO3S.C8H17NO.C8H18O.C7H16/c1-13(2,3)11-7-9-15(10-8-11)12(16)17-14(4,5)6;1-6-14(5,11-15)10-12(16)8-7-9-13(2,3)4;1-9-14-11(8-15(9)5)19(17,18)13-7-10(16)6-12(2,3)4;1-9-5-6-11(14-9)18(16,17)13-8-10(15)7-12(2,3)4;1-8-10(7-12-17-8)18(15,16)13-6-9(14)5-11(2,3)4;1-10(2,3)6-8(12)7-11-15(13,14)9-4-5-9;1-8(2,3)6-7(10)9(4)5;1-5-7(9)6-8(2,3)4;1-5-6-7(2,3)4/h11H,7-10H2,1-6H3;15H,6-11H2,1-5H3;8,10,13,16H,6-7H2,1-5H3;6,10,13,15H,5,7-8H2,1-4H3;7,9,13-14H,5-6H2,1-4H3;8-9,11-12H,4-7H2,1-3H3;6H2,1-5H3;7,9H,5-6H2,1-4H3;5-6H2,1-4H3. The molecule has 2 amide bonds. The number of likely N-dealkylation sites (tertiary alicyclic amines) is 1. The monoisotopic (exact) mass is 1920 g/mol. The predicted molar refractivity (Wildman–Crippen MR) is 528 cm³/mol. The minimum Gasteiger partial charge on any atom is -0.444 e. The normalized spacial score (nSPS) is 16.3. The molecule has 0 spiro atoms. The van der Waals surface area contributed by atoms with E-state index in [1.165, 1.54) is 26.0 Å². The summed E-state index contributed by atoms with van der Waals surface area (Å²) in [5.74, 6) is 2.06. The van der Waals surface area contributed by atoms with Crippen molar-refractivity contribution in [3.8, 4) is 0 Å². The number of carbonyl (C=O) groups is 3. The lowest BCUT2D eigenvalue weighted by Crippen LogP contribution is -2.43. The Balaban J connectivity index is -0.000000690. The molecule has 4 heterocycles. The lowest BCUT2D eigenvalue weighted by atomic mass is 9.75. The number of Topliss-reactive ketones (excluding diaryl/α,β-unsaturated/α-hetero) is 1. The average Bonchev–Trinajstić information content (AvgIpc) is 1.68. The third kappa shape index (κ3) is 70.9. The SMILES string of the molecule is CC(C)(C)CC(O)CNS(=O)(=O)C1CC1.CC(C)(C)OC(=O)N1CCC(C(C)(C)C)CC1.CC1=NC(S(=O)(=O)NCC(O)CC(C)(C)C)=CC1.CCC(C)(CO)CC(=O)CCCC(C)(C)C.CCC(O)CC(C)(C)C.CCCC(C)(C)C.CN(C)C(=O)CC(C)(C)C.Cc1nc(S(=O)(=O)NCC(O)CC(C)(C)C)cn1C.Cc1oncc1S(=O)(=O)NCC(O)CC(C)(C)C. The van der Waals surface area contributed by atoms with Crippen LogP contribution < -0.4 is 18.9 Å². The van der Waals surface area contributed by atoms with Gasteiger partial charge in [0.15, 0.2) is 15.8 Å². The van der Waals surface area contributed by atoms with E-state index in [0.717, 1.165) is 82.8 Å². The number of aromatic nitrogens is 3. The number of ether oxygens (including phenoxy) is 1. The van der Waals surface area contributed by atoms with E-state index in [2.05, 4.69) is 145 Å². The highest BCUT2D eigenvalue weighted by Crippen LogP contribution is 2.36. The second kappa shape index (κ2) is 57.0. The Morgan fingerprint density at radius 1 is 0.543 bits per heavy atom. The zero-order valence-electron chi connectivity index (χ0n) is 88.5. The molecule has 5 rings (SSSR count). The Bertz CT molecular complexity index is 4020. The molecule has 0 bridgehead atoms. The maximum absolute atomic E-state index is 12.0. The molecule has 2 aliphatic heterocycles. The fourth-order valence-electron chi connectivity index (χ4n) is 12.7. The number of ketones is 1. The minimum atomic E-state index is -3.66. The number of carbonyl (C=O) groups excluding carboxylic acids is 3. The van der Waals surface area contributed by atoms with Gasteiger partial charge in [-0.1, -0.05) is 226 Å². The number of amides is 2. The Morgan fingerprint density at radius 2 is 0.946 bits per heavy atom. The van der Waals surface area contributed by atoms with Crippen LogP contribution in [-0.4, -0.2) is 214 Å². The molecule has 129 heavy (non-hydrogen) atoms. The topological polar surface area (TPSA) is 429 Å². The van der Waals surface area contributed by atoms with E-state index in [4.69, 9.17) is 9.26 Å². The van der Waals surface area contributed by atoms with E-state index in [1.807, 2.05) is 130 Å². The van der Waals surface area contributed by atoms with Crippen molar-refractivity contribution in [2.45, 2.75) is 429 Å². The lowest BCUT2D eigenvalue weighted by molar-refractivity contribution is -0.130. The number of aliphatic imine (C=N–C) groups is 1. The van der Waals surface area contributed by atoms with Crippen LogP contribution in [0.2, 0.25) is 0 Å². The van der Waals surface area contributed by atoms with Crippen LogP contribution in [0, 0.1) is 73.9 Å². The van der Waals surface area contributed by atoms with Gasteiger partial charge in [0.2, 0.25) is 26.0 Å². The van der Waals surface area contributed by atoms with Gasteiger partial charge < -0.3 is 54.3 Å². The largest absolute Gasteiger partial charge is 0.444 e. The quantitative estimate of drug-likeness (QED) is 0.0335. The molecule has 6 atom stereocenters. The number of aryl methyl sites for hydroxylation is 3. The highest BCUT2D eigenvalue weighted by Gasteiger charge is 2.37. The first-order valence-corrected chi connectivity index (χ1v) is 52.4. The van der Waals surface area contributed by atoms with Crippen LogP contribution >= 0.6 is 0 Å². The van der Waals surface area contributed by atoms with Crippen LogP contribution in [0.5, 0.6) is 0 Å². The van der Waals surface area contributed by atoms with Gasteiger partial charge in [0, 0.05) is 105 Å². The zero-order valence-corrected chi connectivity index (χ0v) is 91.7. The van der Waals surface area contributed by atoms with E-state index in [-0.39, 0.29) is 115 Å². The van der Waals surface area contributed by atoms with E-state index in [0.29, 0.717) is 85.1 Å². The fourth-order valence-corrected chi connectivity index (χ4v) is 17.5. The first-order valence-electron chi connectivity index (χ1n) is 46.4. The summed E-state index contributed by atoms with van der Waals surface area (Å²) in [7, 11) is -8.74. The molecule has 1 saturated heterocycles. The van der Waals surface area contributed by atoms with Gasteiger partial charge in [0.25, 0.3) is 20.0 Å². The Hall–Kier alpha value is -4.36. The number of allylic oxidation sites excluding steroid dienone is 1. The first-order chi connectivity index (χ1) is 57.6. The van der Waals surface area contributed by atoms with Gasteiger partial charge in [-0.15, -0.1) is 0 Å². The number of aliphatic hydroxyl groups excluding tert-OH is 6. The van der Waals surface area contributed by atoms with Crippen LogP contribution in [0.3, 0.4) is 0 Å². The fraction of sp³-hybridized carbons (Fsp3) is 0.875. The minimum absolute atomic E-state index is 0.00474. The lowest BCUT2D eigenvalue weighted by Gasteiger charge is -2.39. The molecule has 10 N–H and O–H groups in total. The molecule has 1 saturated carbocycles. The summed E-state index contributed by atoms with van der Waals surface area (Å²) in [5.41, 5.74) is 1.65. The van der Waals surface area contributed by atoms with Gasteiger partial charge >= 0.3 is 6.09 Å². The first kappa shape index (κ1) is 131. The molecule has 29 nitrogen and oxygen atoms in total. The molecule has 1 aliphatic carbocycles. The summed E-state index contributed by atoms with van der Waals surface area (Å²) < 4.78 is 116. The molecule has 33 heteroatoms. The van der Waals surface area contributed by atoms with Crippen LogP contribution in [0.15, 0.2) is 42.9 Å². The Morgan fingerprint density at radius 3 is 1.22 bits per heavy atom. The van der Waals surface area contributed by atoms with Crippen molar-refractivity contribution in [3.63, 3.8) is 0 Å². The van der Waals surface area contributed by atoms with Crippen molar-refractivity contribution < 1.29 is 88.0 Å². The van der Waals surface area contributed by atoms with Crippen molar-refractivity contribution in [1.82, 2.24) is 43.4 Å². The number of piperidine rings is 1. The average molecular weight is 1920 g/mol. The molecule has 3 aliphatic rings. The summed E-state index contributed by atoms with van der Waals surface area (Å²) >= 11 is 0. The van der Waals surface area contributed by atoms with Crippen LogP contribution in [0.1, 0.15) is 376 Å². The number of aliphatic hydroxyl groups is 6. The Kier molecular flexibility index (Phi) is 57.8. The number of imidazole rings is 1. The molecular formula is C96H192N10O19S4. The molecular weight excluding hydrogens is 1730 g/mol. The van der Waals surface area contributed by atoms with E-state index in [1.54, 1.807) is 50.5 Å². The maximum atomic E-state index is 12.0. The summed E-state index contributed by atoms with van der Waals surface area (Å²) in [4.78, 5) is 46.1. The van der Waals surface area contributed by atoms with Gasteiger partial charge in [0.1, 0.15) is 22.1 Å². The highest BCUT2D eigenvalue weighted by atomic mass is 32.2. The number of hydrogen-bond donors (Lipinski definition) is 10. The molecule has 6 unspecified atom stereocenters. The zero-order chi connectivity index (χ0) is 102. The summed E-state index contributed by atoms with van der Waals surface area (Å²) in [6.45, 7) is 77.7. The molecule has 0 aromatic carbocycles. The molecule has 0 radical (unpaired) electrons. The maximum Gasteiger partial charge on any atom is 0.410 e. The summed E-state index contributed by atoms with van der Waals surface area (Å²) in [6, 6.07) is 0. The molecule has 2 aromatic heterocycles. The predicted octanol–water partition coefficient (Wildman–Crippen LogP) is 17.9. The second-order valence-electron chi connectivity index (χ2n) is 47.6. The number of rotatable bonds is 31. The van der Waals surface area contributed by atoms with Crippen molar-refractivity contribution in [1.29, 1.82) is 0 Å². The number of hydrogen-bond acceptors (Lipinski definition) is 22. The number of nitrogens with zero attached hydrogens (tertiary/aromatic N) is 6. The van der Waals surface area contributed by atoms with Gasteiger partial charge in [-0.05, 0) is 198 Å². The molecule has 764 valence electrons. The van der Waals surface area contributed by atoms with E-state index >= 15 is 0 Å². The molecule has 2 aromatic rings. The molecule has 2 fully saturated rings. The van der Waals surface area contributed by atoms with Crippen molar-refractivity contribution in [2.75, 3.05) is 60.0 Å². The number of nitrogens with one attached hydrogen (secondary N) is 4. The van der Waals surface area contributed by atoms with Crippen molar-refractivity contribution >= 4 is 63.6 Å². The van der Waals surface area contributed by atoms with Gasteiger partial charge in [-0.2, -0.15) is 0 Å². The van der Waals surface area contributed by atoms with Crippen LogP contribution in [0.4, 0.5) is 4.79 Å². The highest BCUT2D eigenvalue weighted by molar-refractivity contribution is 7.93. The van der Waals surface area contributed by atoms with Crippen molar-refractivity contribution in [2.24, 2.45) is 72.1 Å². The summed E-state index contributed by atoms with van der Waals surface area (Å²) in [5, 5.41) is 60.6.